The van der Waals surface area contributed by atoms with Gasteiger partial charge in [0.2, 0.25) is 0 Å². The Morgan fingerprint density at radius 2 is 2.12 bits per heavy atom. The van der Waals surface area contributed by atoms with E-state index in [2.05, 4.69) is 36.2 Å². The first-order valence-corrected chi connectivity index (χ1v) is 5.80. The maximum atomic E-state index is 5.90. The lowest BCUT2D eigenvalue weighted by Gasteiger charge is -2.36. The van der Waals surface area contributed by atoms with Gasteiger partial charge in [-0.15, -0.1) is 0 Å². The van der Waals surface area contributed by atoms with Gasteiger partial charge in [-0.25, -0.2) is 0 Å². The second-order valence-electron chi connectivity index (χ2n) is 4.57. The molecule has 1 aromatic rings. The van der Waals surface area contributed by atoms with Crippen molar-refractivity contribution in [1.82, 2.24) is 4.90 Å². The van der Waals surface area contributed by atoms with Crippen LogP contribution < -0.4 is 5.73 Å². The molecule has 0 aromatic heterocycles. The molecule has 0 aliphatic carbocycles. The van der Waals surface area contributed by atoms with Crippen LogP contribution in [0.4, 0.5) is 0 Å². The standard InChI is InChI=1S/C13H20N2O/c1-15(9-12-5-3-2-4-6-12)13(10-14)7-8-16-11-13/h2-6H,7-11,14H2,1H3. The van der Waals surface area contributed by atoms with E-state index in [1.54, 1.807) is 0 Å². The van der Waals surface area contributed by atoms with Crippen LogP contribution in [0.1, 0.15) is 12.0 Å². The molecule has 1 atom stereocenters. The molecule has 1 aliphatic heterocycles. The largest absolute Gasteiger partial charge is 0.379 e. The minimum atomic E-state index is 0.0375. The molecule has 0 radical (unpaired) electrons. The van der Waals surface area contributed by atoms with Gasteiger partial charge in [-0.1, -0.05) is 30.3 Å². The van der Waals surface area contributed by atoms with Crippen LogP contribution in [0, 0.1) is 0 Å². The Bertz CT molecular complexity index is 320. The van der Waals surface area contributed by atoms with Gasteiger partial charge in [0.25, 0.3) is 0 Å². The van der Waals surface area contributed by atoms with Crippen molar-refractivity contribution in [2.75, 3.05) is 26.8 Å². The molecule has 0 saturated carbocycles. The predicted molar refractivity (Wildman–Crippen MR) is 65.1 cm³/mol. The summed E-state index contributed by atoms with van der Waals surface area (Å²) in [5, 5.41) is 0. The zero-order valence-electron chi connectivity index (χ0n) is 9.86. The van der Waals surface area contributed by atoms with Crippen LogP contribution in [0.3, 0.4) is 0 Å². The highest BCUT2D eigenvalue weighted by Crippen LogP contribution is 2.25. The Morgan fingerprint density at radius 1 is 1.38 bits per heavy atom. The molecular weight excluding hydrogens is 200 g/mol. The molecule has 1 aliphatic rings. The molecule has 3 nitrogen and oxygen atoms in total. The van der Waals surface area contributed by atoms with Crippen molar-refractivity contribution in [3.05, 3.63) is 35.9 Å². The van der Waals surface area contributed by atoms with Crippen molar-refractivity contribution in [1.29, 1.82) is 0 Å². The second-order valence-corrected chi connectivity index (χ2v) is 4.57. The van der Waals surface area contributed by atoms with E-state index >= 15 is 0 Å². The highest BCUT2D eigenvalue weighted by atomic mass is 16.5. The number of nitrogens with two attached hydrogens (primary N) is 1. The molecule has 2 rings (SSSR count). The molecular formula is C13H20N2O. The van der Waals surface area contributed by atoms with Crippen molar-refractivity contribution in [2.24, 2.45) is 5.73 Å². The van der Waals surface area contributed by atoms with E-state index in [0.717, 1.165) is 26.2 Å². The Morgan fingerprint density at radius 3 is 2.69 bits per heavy atom. The summed E-state index contributed by atoms with van der Waals surface area (Å²) in [6, 6.07) is 10.5. The molecule has 0 spiro atoms. The molecule has 1 saturated heterocycles. The number of rotatable bonds is 4. The minimum absolute atomic E-state index is 0.0375. The number of likely N-dealkylation sites (N-methyl/N-ethyl adjacent to an activating group) is 1. The molecule has 3 heteroatoms. The first kappa shape index (κ1) is 11.6. The predicted octanol–water partition coefficient (Wildman–Crippen LogP) is 1.24. The number of hydrogen-bond donors (Lipinski definition) is 1. The summed E-state index contributed by atoms with van der Waals surface area (Å²) in [4.78, 5) is 2.33. The Labute approximate surface area is 97.2 Å². The quantitative estimate of drug-likeness (QED) is 0.829. The van der Waals surface area contributed by atoms with Gasteiger partial charge in [0, 0.05) is 19.7 Å². The van der Waals surface area contributed by atoms with Gasteiger partial charge in [0.05, 0.1) is 12.1 Å². The van der Waals surface area contributed by atoms with Crippen LogP contribution in [0.2, 0.25) is 0 Å². The third kappa shape index (κ3) is 2.26. The van der Waals surface area contributed by atoms with E-state index in [1.165, 1.54) is 5.56 Å². The molecule has 1 unspecified atom stereocenters. The fraction of sp³-hybridized carbons (Fsp3) is 0.538. The fourth-order valence-electron chi connectivity index (χ4n) is 2.24. The van der Waals surface area contributed by atoms with Crippen molar-refractivity contribution in [2.45, 2.75) is 18.5 Å². The van der Waals surface area contributed by atoms with Crippen LogP contribution in [0.5, 0.6) is 0 Å². The maximum absolute atomic E-state index is 5.90. The molecule has 0 amide bonds. The lowest BCUT2D eigenvalue weighted by molar-refractivity contribution is 0.0882. The van der Waals surface area contributed by atoms with Crippen LogP contribution in [0.15, 0.2) is 30.3 Å². The average Bonchev–Trinajstić information content (AvgIpc) is 2.80. The Balaban J connectivity index is 2.04. The maximum Gasteiger partial charge on any atom is 0.0663 e. The van der Waals surface area contributed by atoms with Gasteiger partial charge in [0.1, 0.15) is 0 Å². The number of nitrogens with zero attached hydrogens (tertiary/aromatic N) is 1. The summed E-state index contributed by atoms with van der Waals surface area (Å²) >= 11 is 0. The first-order chi connectivity index (χ1) is 7.77. The zero-order chi connectivity index (χ0) is 11.4. The average molecular weight is 220 g/mol. The first-order valence-electron chi connectivity index (χ1n) is 5.80. The minimum Gasteiger partial charge on any atom is -0.379 e. The van der Waals surface area contributed by atoms with Crippen molar-refractivity contribution in [3.8, 4) is 0 Å². The second kappa shape index (κ2) is 4.95. The summed E-state index contributed by atoms with van der Waals surface area (Å²) in [6.45, 7) is 3.18. The van der Waals surface area contributed by atoms with Gasteiger partial charge >= 0.3 is 0 Å². The molecule has 1 fully saturated rings. The lowest BCUT2D eigenvalue weighted by Crippen LogP contribution is -2.52. The van der Waals surface area contributed by atoms with E-state index in [-0.39, 0.29) is 5.54 Å². The third-order valence-corrected chi connectivity index (χ3v) is 3.53. The summed E-state index contributed by atoms with van der Waals surface area (Å²) < 4.78 is 5.49. The van der Waals surface area contributed by atoms with Crippen LogP contribution >= 0.6 is 0 Å². The summed E-state index contributed by atoms with van der Waals surface area (Å²) in [5.74, 6) is 0. The molecule has 0 bridgehead atoms. The van der Waals surface area contributed by atoms with Gasteiger partial charge < -0.3 is 10.5 Å². The van der Waals surface area contributed by atoms with E-state index in [0.29, 0.717) is 6.54 Å². The van der Waals surface area contributed by atoms with Gasteiger partial charge in [0.15, 0.2) is 0 Å². The zero-order valence-corrected chi connectivity index (χ0v) is 9.86. The van der Waals surface area contributed by atoms with Crippen molar-refractivity contribution >= 4 is 0 Å². The highest BCUT2D eigenvalue weighted by Gasteiger charge is 2.37. The highest BCUT2D eigenvalue weighted by molar-refractivity contribution is 5.15. The summed E-state index contributed by atoms with van der Waals surface area (Å²) in [5.41, 5.74) is 7.26. The number of ether oxygens (including phenoxy) is 1. The molecule has 16 heavy (non-hydrogen) atoms. The topological polar surface area (TPSA) is 38.5 Å². The van der Waals surface area contributed by atoms with E-state index in [1.807, 2.05) is 6.07 Å². The normalized spacial score (nSPS) is 25.2. The summed E-state index contributed by atoms with van der Waals surface area (Å²) in [7, 11) is 2.13. The van der Waals surface area contributed by atoms with Crippen LogP contribution in [-0.4, -0.2) is 37.2 Å². The number of hydrogen-bond acceptors (Lipinski definition) is 3. The fourth-order valence-corrected chi connectivity index (χ4v) is 2.24. The molecule has 1 heterocycles. The lowest BCUT2D eigenvalue weighted by atomic mass is 9.96. The molecule has 88 valence electrons. The Kier molecular flexibility index (Phi) is 3.59. The SMILES string of the molecule is CN(Cc1ccccc1)C1(CN)CCOC1. The van der Waals surface area contributed by atoms with Crippen LogP contribution in [0.25, 0.3) is 0 Å². The van der Waals surface area contributed by atoms with E-state index in [4.69, 9.17) is 10.5 Å². The smallest absolute Gasteiger partial charge is 0.0663 e. The van der Waals surface area contributed by atoms with Crippen molar-refractivity contribution < 1.29 is 4.74 Å². The molecule has 2 N–H and O–H groups in total. The molecule has 1 aromatic carbocycles. The van der Waals surface area contributed by atoms with Crippen LogP contribution in [-0.2, 0) is 11.3 Å². The van der Waals surface area contributed by atoms with Gasteiger partial charge in [-0.2, -0.15) is 0 Å². The summed E-state index contributed by atoms with van der Waals surface area (Å²) in [6.07, 6.45) is 1.03. The van der Waals surface area contributed by atoms with Crippen molar-refractivity contribution in [3.63, 3.8) is 0 Å². The van der Waals surface area contributed by atoms with E-state index in [9.17, 15) is 0 Å². The third-order valence-electron chi connectivity index (χ3n) is 3.53. The number of benzene rings is 1. The van der Waals surface area contributed by atoms with Gasteiger partial charge in [-0.05, 0) is 19.0 Å². The monoisotopic (exact) mass is 220 g/mol. The Hall–Kier alpha value is -0.900. The van der Waals surface area contributed by atoms with E-state index < -0.39 is 0 Å². The van der Waals surface area contributed by atoms with Gasteiger partial charge in [-0.3, -0.25) is 4.90 Å².